The first-order valence-corrected chi connectivity index (χ1v) is 7.12. The molecule has 5 nitrogen and oxygen atoms in total. The van der Waals surface area contributed by atoms with Crippen molar-refractivity contribution in [2.45, 2.75) is 6.92 Å². The highest BCUT2D eigenvalue weighted by atomic mass is 79.9. The zero-order chi connectivity index (χ0) is 13.1. The highest BCUT2D eigenvalue weighted by Gasteiger charge is 2.18. The van der Waals surface area contributed by atoms with E-state index < -0.39 is 21.7 Å². The molecule has 0 aromatic heterocycles. The first kappa shape index (κ1) is 14.0. The quantitative estimate of drug-likeness (QED) is 0.856. The number of benzene rings is 1. The van der Waals surface area contributed by atoms with E-state index in [2.05, 4.69) is 25.4 Å². The van der Waals surface area contributed by atoms with Crippen molar-refractivity contribution in [1.29, 1.82) is 0 Å². The Bertz CT molecular complexity index is 527. The van der Waals surface area contributed by atoms with E-state index in [4.69, 9.17) is 0 Å². The summed E-state index contributed by atoms with van der Waals surface area (Å²) >= 11 is 3.27. The van der Waals surface area contributed by atoms with E-state index in [0.717, 1.165) is 12.7 Å². The molecule has 0 bridgehead atoms. The summed E-state index contributed by atoms with van der Waals surface area (Å²) in [5, 5.41) is 0. The third-order valence-corrected chi connectivity index (χ3v) is 4.19. The van der Waals surface area contributed by atoms with Gasteiger partial charge in [0, 0.05) is 4.47 Å². The molecule has 94 valence electrons. The number of hydrogen-bond donors (Lipinski definition) is 1. The molecule has 1 aromatic carbocycles. The summed E-state index contributed by atoms with van der Waals surface area (Å²) in [6.07, 6.45) is 0. The van der Waals surface area contributed by atoms with Crippen LogP contribution in [0, 0.1) is 6.92 Å². The minimum absolute atomic E-state index is 0.397. The smallest absolute Gasteiger partial charge is 0.322 e. The molecule has 0 spiro atoms. The molecule has 0 amide bonds. The van der Waals surface area contributed by atoms with Gasteiger partial charge in [-0.2, -0.15) is 0 Å². The lowest BCUT2D eigenvalue weighted by molar-refractivity contribution is -0.137. The Balaban J connectivity index is 2.91. The molecular formula is C10H12BrNO4S. The summed E-state index contributed by atoms with van der Waals surface area (Å²) in [7, 11) is -2.60. The van der Waals surface area contributed by atoms with Gasteiger partial charge >= 0.3 is 5.97 Å². The van der Waals surface area contributed by atoms with E-state index in [-0.39, 0.29) is 0 Å². The molecule has 0 aliphatic carbocycles. The van der Waals surface area contributed by atoms with Gasteiger partial charge in [0.05, 0.1) is 12.8 Å². The number of nitrogens with one attached hydrogen (secondary N) is 1. The fraction of sp³-hybridized carbons (Fsp3) is 0.300. The van der Waals surface area contributed by atoms with Crippen LogP contribution in [0.5, 0.6) is 0 Å². The Morgan fingerprint density at radius 2 is 2.12 bits per heavy atom. The zero-order valence-electron chi connectivity index (χ0n) is 9.36. The number of anilines is 1. The molecule has 0 fully saturated rings. The predicted molar refractivity (Wildman–Crippen MR) is 68.3 cm³/mol. The summed E-state index contributed by atoms with van der Waals surface area (Å²) in [6, 6.07) is 5.16. The van der Waals surface area contributed by atoms with Crippen molar-refractivity contribution in [2.75, 3.05) is 17.6 Å². The van der Waals surface area contributed by atoms with Crippen LogP contribution in [0.15, 0.2) is 22.7 Å². The van der Waals surface area contributed by atoms with Crippen molar-refractivity contribution in [3.8, 4) is 0 Å². The topological polar surface area (TPSA) is 72.5 Å². The Morgan fingerprint density at radius 1 is 1.47 bits per heavy atom. The first-order valence-electron chi connectivity index (χ1n) is 4.68. The Morgan fingerprint density at radius 3 is 2.71 bits per heavy atom. The number of aryl methyl sites for hydroxylation is 1. The predicted octanol–water partition coefficient (Wildman–Crippen LogP) is 1.67. The molecule has 0 aliphatic rings. The highest BCUT2D eigenvalue weighted by molar-refractivity contribution is 9.10. The molecular weight excluding hydrogens is 310 g/mol. The molecule has 0 aliphatic heterocycles. The van der Waals surface area contributed by atoms with Crippen LogP contribution in [0.25, 0.3) is 0 Å². The van der Waals surface area contributed by atoms with Crippen molar-refractivity contribution >= 4 is 37.6 Å². The Labute approximate surface area is 108 Å². The number of sulfonamides is 1. The molecule has 17 heavy (non-hydrogen) atoms. The van der Waals surface area contributed by atoms with Gasteiger partial charge in [-0.05, 0) is 34.5 Å². The number of carbonyl (C=O) groups is 1. The molecule has 0 radical (unpaired) electrons. The largest absolute Gasteiger partial charge is 0.468 e. The van der Waals surface area contributed by atoms with Gasteiger partial charge in [-0.1, -0.05) is 12.1 Å². The average molecular weight is 322 g/mol. The van der Waals surface area contributed by atoms with Crippen molar-refractivity contribution in [3.63, 3.8) is 0 Å². The maximum absolute atomic E-state index is 11.6. The van der Waals surface area contributed by atoms with Crippen LogP contribution in [0.1, 0.15) is 5.56 Å². The maximum Gasteiger partial charge on any atom is 0.322 e. The summed E-state index contributed by atoms with van der Waals surface area (Å²) in [5.74, 6) is -1.51. The molecule has 0 heterocycles. The van der Waals surface area contributed by atoms with Gasteiger partial charge in [-0.25, -0.2) is 8.42 Å². The minimum atomic E-state index is -3.74. The van der Waals surface area contributed by atoms with Gasteiger partial charge < -0.3 is 4.74 Å². The van der Waals surface area contributed by atoms with E-state index in [9.17, 15) is 13.2 Å². The van der Waals surface area contributed by atoms with Gasteiger partial charge in [0.25, 0.3) is 0 Å². The monoisotopic (exact) mass is 321 g/mol. The second kappa shape index (κ2) is 5.50. The van der Waals surface area contributed by atoms with Crippen molar-refractivity contribution in [2.24, 2.45) is 0 Å². The van der Waals surface area contributed by atoms with E-state index >= 15 is 0 Å². The second-order valence-corrected chi connectivity index (χ2v) is 5.89. The third-order valence-electron chi connectivity index (χ3n) is 1.99. The van der Waals surface area contributed by atoms with Crippen LogP contribution < -0.4 is 4.72 Å². The van der Waals surface area contributed by atoms with Crippen LogP contribution >= 0.6 is 15.9 Å². The molecule has 0 saturated carbocycles. The molecule has 1 N–H and O–H groups in total. The van der Waals surface area contributed by atoms with Crippen LogP contribution in [0.3, 0.4) is 0 Å². The van der Waals surface area contributed by atoms with Gasteiger partial charge in [0.2, 0.25) is 10.0 Å². The van der Waals surface area contributed by atoms with E-state index in [1.165, 1.54) is 0 Å². The lowest BCUT2D eigenvalue weighted by Crippen LogP contribution is -2.23. The number of carbonyl (C=O) groups excluding carboxylic acids is 1. The third kappa shape index (κ3) is 4.01. The lowest BCUT2D eigenvalue weighted by atomic mass is 10.2. The lowest BCUT2D eigenvalue weighted by Gasteiger charge is -2.10. The van der Waals surface area contributed by atoms with Crippen LogP contribution in [0.4, 0.5) is 5.69 Å². The zero-order valence-corrected chi connectivity index (χ0v) is 11.8. The number of hydrogen-bond acceptors (Lipinski definition) is 4. The number of methoxy groups -OCH3 is 1. The molecule has 0 unspecified atom stereocenters. The first-order chi connectivity index (χ1) is 7.85. The van der Waals surface area contributed by atoms with Crippen LogP contribution in [-0.2, 0) is 19.6 Å². The average Bonchev–Trinajstić information content (AvgIpc) is 2.23. The van der Waals surface area contributed by atoms with Crippen LogP contribution in [-0.4, -0.2) is 27.2 Å². The second-order valence-electron chi connectivity index (χ2n) is 3.37. The SMILES string of the molecule is COC(=O)CS(=O)(=O)Nc1cccc(C)c1Br. The minimum Gasteiger partial charge on any atom is -0.468 e. The summed E-state index contributed by atoms with van der Waals surface area (Å²) in [4.78, 5) is 10.9. The van der Waals surface area contributed by atoms with Gasteiger partial charge in [0.1, 0.15) is 0 Å². The molecule has 0 atom stereocenters. The summed E-state index contributed by atoms with van der Waals surface area (Å²) in [6.45, 7) is 1.84. The highest BCUT2D eigenvalue weighted by Crippen LogP contribution is 2.26. The maximum atomic E-state index is 11.6. The molecule has 7 heteroatoms. The fourth-order valence-electron chi connectivity index (χ4n) is 1.14. The Kier molecular flexibility index (Phi) is 4.53. The number of halogens is 1. The molecule has 1 aromatic rings. The van der Waals surface area contributed by atoms with Crippen molar-refractivity contribution in [1.82, 2.24) is 0 Å². The van der Waals surface area contributed by atoms with Gasteiger partial charge in [-0.3, -0.25) is 9.52 Å². The van der Waals surface area contributed by atoms with Gasteiger partial charge in [-0.15, -0.1) is 0 Å². The number of ether oxygens (including phenoxy) is 1. The van der Waals surface area contributed by atoms with Crippen LogP contribution in [0.2, 0.25) is 0 Å². The molecule has 0 saturated heterocycles. The number of esters is 1. The van der Waals surface area contributed by atoms with Crippen molar-refractivity contribution < 1.29 is 17.9 Å². The molecule has 1 rings (SSSR count). The Hall–Kier alpha value is -1.08. The van der Waals surface area contributed by atoms with Gasteiger partial charge in [0.15, 0.2) is 5.75 Å². The summed E-state index contributed by atoms with van der Waals surface area (Å²) in [5.41, 5.74) is 1.29. The standard InChI is InChI=1S/C10H12BrNO4S/c1-7-4-3-5-8(10(7)11)12-17(14,15)6-9(13)16-2/h3-5,12H,6H2,1-2H3. The van der Waals surface area contributed by atoms with E-state index in [0.29, 0.717) is 10.2 Å². The number of rotatable bonds is 4. The van der Waals surface area contributed by atoms with E-state index in [1.54, 1.807) is 12.1 Å². The fourth-order valence-corrected chi connectivity index (χ4v) is 2.64. The normalized spacial score (nSPS) is 11.0. The summed E-state index contributed by atoms with van der Waals surface area (Å²) < 4.78 is 30.5. The van der Waals surface area contributed by atoms with E-state index in [1.807, 2.05) is 13.0 Å². The van der Waals surface area contributed by atoms with Crippen molar-refractivity contribution in [3.05, 3.63) is 28.2 Å².